The summed E-state index contributed by atoms with van der Waals surface area (Å²) < 4.78 is 29.8. The summed E-state index contributed by atoms with van der Waals surface area (Å²) >= 11 is 6.10. The van der Waals surface area contributed by atoms with E-state index in [-0.39, 0.29) is 10.4 Å². The number of nitrogens with one attached hydrogen (secondary N) is 1. The highest BCUT2D eigenvalue weighted by atomic mass is 35.5. The molecule has 0 atom stereocenters. The van der Waals surface area contributed by atoms with Crippen molar-refractivity contribution in [1.29, 1.82) is 5.26 Å². The maximum absolute atomic E-state index is 12.6. The van der Waals surface area contributed by atoms with Crippen LogP contribution in [0.4, 0.5) is 0 Å². The molecule has 30 heavy (non-hydrogen) atoms. The molecule has 0 saturated heterocycles. The van der Waals surface area contributed by atoms with E-state index in [0.29, 0.717) is 27.5 Å². The van der Waals surface area contributed by atoms with Crippen LogP contribution in [0, 0.1) is 11.3 Å². The van der Waals surface area contributed by atoms with Gasteiger partial charge >= 0.3 is 0 Å². The van der Waals surface area contributed by atoms with Crippen LogP contribution in [0.2, 0.25) is 5.15 Å². The number of nitriles is 1. The number of pyridine rings is 2. The van der Waals surface area contributed by atoms with Crippen LogP contribution < -0.4 is 4.72 Å². The van der Waals surface area contributed by atoms with Gasteiger partial charge in [-0.05, 0) is 44.1 Å². The van der Waals surface area contributed by atoms with Crippen LogP contribution in [0.1, 0.15) is 25.3 Å². The van der Waals surface area contributed by atoms with Gasteiger partial charge in [-0.15, -0.1) is 0 Å². The van der Waals surface area contributed by atoms with E-state index in [1.807, 2.05) is 29.7 Å². The Morgan fingerprint density at radius 2 is 2.03 bits per heavy atom. The molecule has 0 bridgehead atoms. The first-order valence-corrected chi connectivity index (χ1v) is 11.2. The van der Waals surface area contributed by atoms with Gasteiger partial charge in [-0.25, -0.2) is 18.1 Å². The van der Waals surface area contributed by atoms with E-state index in [2.05, 4.69) is 20.8 Å². The highest BCUT2D eigenvalue weighted by Crippen LogP contribution is 2.38. The third-order valence-electron chi connectivity index (χ3n) is 5.39. The largest absolute Gasteiger partial charge is 0.306 e. The summed E-state index contributed by atoms with van der Waals surface area (Å²) in [5.74, 6) is 0. The van der Waals surface area contributed by atoms with E-state index in [9.17, 15) is 13.7 Å². The zero-order valence-corrected chi connectivity index (χ0v) is 17.5. The summed E-state index contributed by atoms with van der Waals surface area (Å²) in [7, 11) is -3.65. The Morgan fingerprint density at radius 3 is 2.60 bits per heavy atom. The van der Waals surface area contributed by atoms with Crippen molar-refractivity contribution in [1.82, 2.24) is 19.3 Å². The monoisotopic (exact) mass is 437 g/mol. The Bertz CT molecular complexity index is 1410. The molecule has 0 aromatic carbocycles. The van der Waals surface area contributed by atoms with Gasteiger partial charge in [0.1, 0.15) is 16.1 Å². The van der Waals surface area contributed by atoms with Gasteiger partial charge in [-0.1, -0.05) is 17.7 Å². The average Bonchev–Trinajstić information content (AvgIpc) is 3.30. The molecular formula is C21H16ClN5O2S. The van der Waals surface area contributed by atoms with Crippen molar-refractivity contribution in [2.75, 3.05) is 0 Å². The Balaban J connectivity index is 1.65. The lowest BCUT2D eigenvalue weighted by Gasteiger charge is -2.16. The zero-order chi connectivity index (χ0) is 21.1. The van der Waals surface area contributed by atoms with Gasteiger partial charge in [0.05, 0.1) is 22.5 Å². The lowest BCUT2D eigenvalue weighted by atomic mass is 10.1. The summed E-state index contributed by atoms with van der Waals surface area (Å²) in [6, 6.07) is 7.07. The molecule has 3 heterocycles. The Morgan fingerprint density at radius 1 is 1.27 bits per heavy atom. The molecular weight excluding hydrogens is 422 g/mol. The molecule has 0 unspecified atom stereocenters. The summed E-state index contributed by atoms with van der Waals surface area (Å²) in [4.78, 5) is 8.60. The van der Waals surface area contributed by atoms with Crippen LogP contribution in [0.15, 0.2) is 53.7 Å². The van der Waals surface area contributed by atoms with Crippen molar-refractivity contribution in [3.8, 4) is 17.5 Å². The summed E-state index contributed by atoms with van der Waals surface area (Å²) in [6.07, 6.45) is 10.3. The molecule has 5 rings (SSSR count). The molecule has 7 nitrogen and oxygen atoms in total. The molecule has 0 amide bonds. The Hall–Kier alpha value is -2.99. The van der Waals surface area contributed by atoms with E-state index < -0.39 is 10.0 Å². The molecule has 9 heteroatoms. The van der Waals surface area contributed by atoms with Gasteiger partial charge in [0.2, 0.25) is 10.0 Å². The molecule has 3 aromatic rings. The highest BCUT2D eigenvalue weighted by Gasteiger charge is 2.41. The molecule has 2 aliphatic carbocycles. The zero-order valence-electron chi connectivity index (χ0n) is 15.9. The predicted octanol–water partition coefficient (Wildman–Crippen LogP) is 3.86. The minimum atomic E-state index is -3.65. The number of hydrogen-bond acceptors (Lipinski definition) is 5. The number of halogens is 1. The number of hydrogen-bond donors (Lipinski definition) is 1. The molecule has 1 saturated carbocycles. The molecule has 1 N–H and O–H groups in total. The normalized spacial score (nSPS) is 16.8. The summed E-state index contributed by atoms with van der Waals surface area (Å²) in [5, 5.41) is 10.8. The van der Waals surface area contributed by atoms with Crippen LogP contribution in [0.5, 0.6) is 0 Å². The van der Waals surface area contributed by atoms with E-state index in [1.54, 1.807) is 18.3 Å². The first-order valence-electron chi connectivity index (χ1n) is 9.31. The second-order valence-electron chi connectivity index (χ2n) is 7.69. The number of allylic oxidation sites excluding steroid dienone is 4. The lowest BCUT2D eigenvalue weighted by Crippen LogP contribution is -2.34. The molecule has 0 spiro atoms. The van der Waals surface area contributed by atoms with E-state index in [1.165, 1.54) is 12.3 Å². The van der Waals surface area contributed by atoms with E-state index in [0.717, 1.165) is 24.1 Å². The van der Waals surface area contributed by atoms with Gasteiger partial charge in [-0.2, -0.15) is 5.26 Å². The Kier molecular flexibility index (Phi) is 4.12. The maximum Gasteiger partial charge on any atom is 0.242 e. The van der Waals surface area contributed by atoms with Crippen LogP contribution >= 0.6 is 11.6 Å². The minimum absolute atomic E-state index is 0.0908. The smallest absolute Gasteiger partial charge is 0.242 e. The lowest BCUT2D eigenvalue weighted by molar-refractivity contribution is 0.557. The minimum Gasteiger partial charge on any atom is -0.306 e. The second-order valence-corrected chi connectivity index (χ2v) is 9.76. The second kappa shape index (κ2) is 6.51. The van der Waals surface area contributed by atoms with Crippen LogP contribution in [0.3, 0.4) is 0 Å². The van der Waals surface area contributed by atoms with Gasteiger partial charge in [-0.3, -0.25) is 4.98 Å². The topological polar surface area (TPSA) is 101 Å². The van der Waals surface area contributed by atoms with E-state index in [4.69, 9.17) is 11.6 Å². The van der Waals surface area contributed by atoms with Crippen molar-refractivity contribution >= 4 is 38.2 Å². The summed E-state index contributed by atoms with van der Waals surface area (Å²) in [5.41, 5.74) is 2.70. The fourth-order valence-corrected chi connectivity index (χ4v) is 5.03. The molecule has 3 aromatic heterocycles. The molecule has 150 valence electrons. The molecule has 2 aliphatic rings. The number of sulfonamides is 1. The van der Waals surface area contributed by atoms with Crippen molar-refractivity contribution in [2.45, 2.75) is 30.2 Å². The van der Waals surface area contributed by atoms with Crippen molar-refractivity contribution in [3.63, 3.8) is 0 Å². The average molecular weight is 438 g/mol. The van der Waals surface area contributed by atoms with Crippen LogP contribution in [0.25, 0.3) is 28.0 Å². The first-order chi connectivity index (χ1) is 14.3. The third-order valence-corrected chi connectivity index (χ3v) is 7.22. The highest BCUT2D eigenvalue weighted by molar-refractivity contribution is 7.89. The number of nitrogens with zero attached hydrogens (tertiary/aromatic N) is 4. The van der Waals surface area contributed by atoms with Crippen LogP contribution in [-0.4, -0.2) is 28.5 Å². The van der Waals surface area contributed by atoms with Crippen molar-refractivity contribution in [2.24, 2.45) is 0 Å². The maximum atomic E-state index is 12.6. The number of rotatable bonds is 5. The molecule has 1 fully saturated rings. The first kappa shape index (κ1) is 19.0. The van der Waals surface area contributed by atoms with Crippen molar-refractivity contribution < 1.29 is 8.42 Å². The third kappa shape index (κ3) is 3.03. The van der Waals surface area contributed by atoms with Gasteiger partial charge < -0.3 is 4.57 Å². The summed E-state index contributed by atoms with van der Waals surface area (Å²) in [6.45, 7) is 1.88. The molecule has 0 radical (unpaired) electrons. The molecule has 0 aliphatic heterocycles. The Labute approximate surface area is 178 Å². The number of aromatic nitrogens is 3. The van der Waals surface area contributed by atoms with Gasteiger partial charge in [0, 0.05) is 35.1 Å². The van der Waals surface area contributed by atoms with Gasteiger partial charge in [0.25, 0.3) is 0 Å². The van der Waals surface area contributed by atoms with Crippen molar-refractivity contribution in [3.05, 3.63) is 59.5 Å². The fourth-order valence-electron chi connectivity index (χ4n) is 3.47. The fraction of sp³-hybridized carbons (Fsp3) is 0.190. The number of fused-ring (bicyclic) bond motifs is 1. The van der Waals surface area contributed by atoms with Gasteiger partial charge in [0.15, 0.2) is 0 Å². The SMILES string of the molecule is CC1(NS(=O)(=O)c2ccc(-c3c(C#N)c4cnc(Cl)cc4n3C3=CC=C3)nc2)CC1. The predicted molar refractivity (Wildman–Crippen MR) is 114 cm³/mol. The van der Waals surface area contributed by atoms with E-state index >= 15 is 0 Å². The van der Waals surface area contributed by atoms with Crippen LogP contribution in [-0.2, 0) is 10.0 Å². The standard InChI is InChI=1S/C21H16ClN5O2S/c1-21(7-8-21)26-30(28,29)14-5-6-17(24-11-14)20-15(10-23)16-12-25-19(22)9-18(16)27(20)13-3-2-4-13/h2-6,9,11-12,26H,7-8H2,1H3. The quantitative estimate of drug-likeness (QED) is 0.610.